The number of hydrogen-bond acceptors (Lipinski definition) is 5. The Morgan fingerprint density at radius 3 is 2.39 bits per heavy atom. The number of hydrogen-bond donors (Lipinski definition) is 3. The summed E-state index contributed by atoms with van der Waals surface area (Å²) in [6, 6.07) is 10.1. The molecule has 0 unspecified atom stereocenters. The molecule has 1 aromatic carbocycles. The molecule has 8 heteroatoms. The summed E-state index contributed by atoms with van der Waals surface area (Å²) in [6.07, 6.45) is 5.29. The van der Waals surface area contributed by atoms with Gasteiger partial charge in [-0.05, 0) is 55.4 Å². The number of aromatic nitrogens is 1. The number of H-pyrrole nitrogens is 1. The first-order valence-corrected chi connectivity index (χ1v) is 12.2. The number of pyridine rings is 1. The van der Waals surface area contributed by atoms with Crippen molar-refractivity contribution in [3.8, 4) is 0 Å². The standard InChI is InChI=1S/C23H26N2O5S/c26-12-1-13-31(29,30)18-7-4-16(5-8-18)20(14-17-6-11-22(27)24-17)21-10-9-19(15-2-3-15)23(28)25-21/h4-5,7-10,14-15,17,26H,1-3,6,11-13H2,(H,24,27)(H,25,28)/b20-14-/t17-/m1/s1. The number of nitrogens with one attached hydrogen (secondary N) is 2. The minimum Gasteiger partial charge on any atom is -0.396 e. The Labute approximate surface area is 181 Å². The maximum absolute atomic E-state index is 12.6. The van der Waals surface area contributed by atoms with Crippen LogP contribution in [-0.4, -0.2) is 42.8 Å². The summed E-state index contributed by atoms with van der Waals surface area (Å²) in [5.74, 6) is 0.210. The van der Waals surface area contributed by atoms with Crippen molar-refractivity contribution in [2.45, 2.75) is 49.0 Å². The molecule has 1 atom stereocenters. The van der Waals surface area contributed by atoms with Gasteiger partial charge in [-0.1, -0.05) is 24.3 Å². The van der Waals surface area contributed by atoms with Crippen LogP contribution < -0.4 is 10.9 Å². The van der Waals surface area contributed by atoms with E-state index in [2.05, 4.69) is 10.3 Å². The molecule has 0 radical (unpaired) electrons. The molecule has 2 aromatic rings. The number of aliphatic hydroxyl groups excluding tert-OH is 1. The lowest BCUT2D eigenvalue weighted by Crippen LogP contribution is -2.23. The maximum Gasteiger partial charge on any atom is 0.251 e. The molecule has 1 amide bonds. The molecular formula is C23H26N2O5S. The molecule has 3 N–H and O–H groups in total. The molecular weight excluding hydrogens is 416 g/mol. The molecule has 2 aliphatic rings. The van der Waals surface area contributed by atoms with Crippen molar-refractivity contribution in [2.24, 2.45) is 0 Å². The van der Waals surface area contributed by atoms with Gasteiger partial charge in [-0.2, -0.15) is 0 Å². The summed E-state index contributed by atoms with van der Waals surface area (Å²) in [5, 5.41) is 11.8. The van der Waals surface area contributed by atoms with Crippen LogP contribution in [0.4, 0.5) is 0 Å². The monoisotopic (exact) mass is 442 g/mol. The van der Waals surface area contributed by atoms with Crippen molar-refractivity contribution in [3.05, 3.63) is 69.6 Å². The summed E-state index contributed by atoms with van der Waals surface area (Å²) < 4.78 is 24.8. The number of amides is 1. The highest BCUT2D eigenvalue weighted by atomic mass is 32.2. The Morgan fingerprint density at radius 2 is 1.81 bits per heavy atom. The normalized spacial score (nSPS) is 19.5. The molecule has 164 valence electrons. The molecule has 1 saturated carbocycles. The van der Waals surface area contributed by atoms with Gasteiger partial charge >= 0.3 is 0 Å². The van der Waals surface area contributed by atoms with E-state index in [1.54, 1.807) is 24.3 Å². The van der Waals surface area contributed by atoms with E-state index < -0.39 is 9.84 Å². The molecule has 1 aliphatic carbocycles. The summed E-state index contributed by atoms with van der Waals surface area (Å²) in [4.78, 5) is 27.4. The van der Waals surface area contributed by atoms with E-state index in [4.69, 9.17) is 5.11 Å². The van der Waals surface area contributed by atoms with Gasteiger partial charge in [0.05, 0.1) is 10.6 Å². The summed E-state index contributed by atoms with van der Waals surface area (Å²) in [6.45, 7) is -0.179. The van der Waals surface area contributed by atoms with Gasteiger partial charge < -0.3 is 15.4 Å². The fourth-order valence-corrected chi connectivity index (χ4v) is 5.17. The highest BCUT2D eigenvalue weighted by molar-refractivity contribution is 7.91. The van der Waals surface area contributed by atoms with E-state index in [1.165, 1.54) is 0 Å². The van der Waals surface area contributed by atoms with Gasteiger partial charge in [-0.15, -0.1) is 0 Å². The van der Waals surface area contributed by atoms with E-state index in [1.807, 2.05) is 18.2 Å². The number of carbonyl (C=O) groups is 1. The lowest BCUT2D eigenvalue weighted by Gasteiger charge is -2.13. The summed E-state index contributed by atoms with van der Waals surface area (Å²) >= 11 is 0. The average molecular weight is 443 g/mol. The first kappa shape index (κ1) is 21.5. The van der Waals surface area contributed by atoms with Gasteiger partial charge in [-0.3, -0.25) is 9.59 Å². The quantitative estimate of drug-likeness (QED) is 0.579. The minimum absolute atomic E-state index is 0.0106. The molecule has 31 heavy (non-hydrogen) atoms. The first-order valence-electron chi connectivity index (χ1n) is 10.6. The molecule has 2 heterocycles. The van der Waals surface area contributed by atoms with E-state index in [0.29, 0.717) is 24.5 Å². The van der Waals surface area contributed by atoms with Crippen LogP contribution >= 0.6 is 0 Å². The Balaban J connectivity index is 1.69. The van der Waals surface area contributed by atoms with Crippen molar-refractivity contribution in [1.29, 1.82) is 0 Å². The van der Waals surface area contributed by atoms with Gasteiger partial charge in [0.25, 0.3) is 5.56 Å². The maximum atomic E-state index is 12.6. The summed E-state index contributed by atoms with van der Waals surface area (Å²) in [5.41, 5.74) is 2.81. The van der Waals surface area contributed by atoms with Gasteiger partial charge in [0.15, 0.2) is 9.84 Å². The van der Waals surface area contributed by atoms with Crippen LogP contribution in [0.1, 0.15) is 54.8 Å². The third kappa shape index (κ3) is 4.97. The predicted molar refractivity (Wildman–Crippen MR) is 117 cm³/mol. The van der Waals surface area contributed by atoms with Crippen LogP contribution in [0.3, 0.4) is 0 Å². The molecule has 7 nitrogen and oxygen atoms in total. The Hall–Kier alpha value is -2.71. The zero-order valence-electron chi connectivity index (χ0n) is 17.1. The molecule has 1 aliphatic heterocycles. The van der Waals surface area contributed by atoms with E-state index >= 15 is 0 Å². The lowest BCUT2D eigenvalue weighted by atomic mass is 9.98. The largest absolute Gasteiger partial charge is 0.396 e. The Bertz CT molecular complexity index is 1160. The fraction of sp³-hybridized carbons (Fsp3) is 0.391. The second-order valence-corrected chi connectivity index (χ2v) is 10.3. The SMILES string of the molecule is O=C1CC[C@H](/C=C(/c2ccc(S(=O)(=O)CCCO)cc2)c2ccc(C3CC3)c(=O)[nH]2)N1. The van der Waals surface area contributed by atoms with Crippen LogP contribution in [0.2, 0.25) is 0 Å². The predicted octanol–water partition coefficient (Wildman–Crippen LogP) is 2.12. The van der Waals surface area contributed by atoms with Gasteiger partial charge in [-0.25, -0.2) is 8.42 Å². The lowest BCUT2D eigenvalue weighted by molar-refractivity contribution is -0.119. The number of carbonyl (C=O) groups excluding carboxylic acids is 1. The van der Waals surface area contributed by atoms with Crippen LogP contribution in [0.25, 0.3) is 5.57 Å². The fourth-order valence-electron chi connectivity index (χ4n) is 3.88. The topological polar surface area (TPSA) is 116 Å². The van der Waals surface area contributed by atoms with Gasteiger partial charge in [0.2, 0.25) is 5.91 Å². The Kier molecular flexibility index (Phi) is 6.11. The Morgan fingerprint density at radius 1 is 1.06 bits per heavy atom. The molecule has 1 aromatic heterocycles. The zero-order valence-corrected chi connectivity index (χ0v) is 18.0. The van der Waals surface area contributed by atoms with Crippen LogP contribution in [0.15, 0.2) is 52.2 Å². The van der Waals surface area contributed by atoms with Crippen LogP contribution in [-0.2, 0) is 14.6 Å². The third-order valence-corrected chi connectivity index (χ3v) is 7.56. The number of aliphatic hydroxyl groups is 1. The minimum atomic E-state index is -3.47. The third-order valence-electron chi connectivity index (χ3n) is 5.74. The van der Waals surface area contributed by atoms with E-state index in [-0.39, 0.29) is 41.2 Å². The number of sulfone groups is 1. The molecule has 0 spiro atoms. The van der Waals surface area contributed by atoms with Crippen molar-refractivity contribution >= 4 is 21.3 Å². The molecule has 4 rings (SSSR count). The zero-order chi connectivity index (χ0) is 22.0. The number of benzene rings is 1. The first-order chi connectivity index (χ1) is 14.9. The highest BCUT2D eigenvalue weighted by Gasteiger charge is 2.27. The van der Waals surface area contributed by atoms with Crippen molar-refractivity contribution in [2.75, 3.05) is 12.4 Å². The van der Waals surface area contributed by atoms with Gasteiger partial charge in [0.1, 0.15) is 0 Å². The highest BCUT2D eigenvalue weighted by Crippen LogP contribution is 2.38. The van der Waals surface area contributed by atoms with E-state index in [0.717, 1.165) is 29.5 Å². The van der Waals surface area contributed by atoms with Crippen molar-refractivity contribution in [1.82, 2.24) is 10.3 Å². The van der Waals surface area contributed by atoms with Crippen LogP contribution in [0.5, 0.6) is 0 Å². The van der Waals surface area contributed by atoms with Crippen LogP contribution in [0, 0.1) is 0 Å². The molecule has 0 bridgehead atoms. The van der Waals surface area contributed by atoms with Gasteiger partial charge in [0, 0.05) is 35.9 Å². The second-order valence-electron chi connectivity index (χ2n) is 8.14. The molecule has 2 fully saturated rings. The summed E-state index contributed by atoms with van der Waals surface area (Å²) in [7, 11) is -3.47. The van der Waals surface area contributed by atoms with Crippen molar-refractivity contribution in [3.63, 3.8) is 0 Å². The molecule has 1 saturated heterocycles. The van der Waals surface area contributed by atoms with Crippen molar-refractivity contribution < 1.29 is 18.3 Å². The number of rotatable bonds is 8. The van der Waals surface area contributed by atoms with E-state index in [9.17, 15) is 18.0 Å². The average Bonchev–Trinajstić information content (AvgIpc) is 3.51. The second kappa shape index (κ2) is 8.80. The smallest absolute Gasteiger partial charge is 0.251 e. The number of aromatic amines is 1.